The van der Waals surface area contributed by atoms with Crippen molar-refractivity contribution in [2.75, 3.05) is 13.1 Å². The van der Waals surface area contributed by atoms with Crippen LogP contribution in [0.15, 0.2) is 24.3 Å². The molecule has 2 unspecified atom stereocenters. The predicted molar refractivity (Wildman–Crippen MR) is 82.6 cm³/mol. The Kier molecular flexibility index (Phi) is 7.76. The highest BCUT2D eigenvalue weighted by atomic mass is 16.5. The third-order valence-electron chi connectivity index (χ3n) is 3.54. The fourth-order valence-electron chi connectivity index (χ4n) is 1.91. The van der Waals surface area contributed by atoms with Crippen LogP contribution in [0.2, 0.25) is 0 Å². The molecule has 0 radical (unpaired) electrons. The van der Waals surface area contributed by atoms with Gasteiger partial charge >= 0.3 is 0 Å². The zero-order chi connectivity index (χ0) is 14.1. The van der Waals surface area contributed by atoms with Gasteiger partial charge in [-0.3, -0.25) is 0 Å². The molecule has 0 heterocycles. The van der Waals surface area contributed by atoms with Gasteiger partial charge in [0.15, 0.2) is 0 Å². The van der Waals surface area contributed by atoms with E-state index in [0.29, 0.717) is 12.0 Å². The Labute approximate surface area is 118 Å². The van der Waals surface area contributed by atoms with Gasteiger partial charge in [-0.25, -0.2) is 0 Å². The summed E-state index contributed by atoms with van der Waals surface area (Å²) < 4.78 is 5.74. The quantitative estimate of drug-likeness (QED) is 0.677. The number of rotatable bonds is 9. The van der Waals surface area contributed by atoms with Crippen molar-refractivity contribution in [3.63, 3.8) is 0 Å². The molecular formula is C17H29NO. The smallest absolute Gasteiger partial charge is 0.0720 e. The van der Waals surface area contributed by atoms with Gasteiger partial charge in [-0.15, -0.1) is 0 Å². The standard InChI is InChI=1S/C17H29NO/c1-5-11-18-12-14(3)17-9-7-16(8-10-17)13-19-15(4)6-2/h7-10,14-15,18H,5-6,11-13H2,1-4H3. The van der Waals surface area contributed by atoms with Crippen LogP contribution in [0.1, 0.15) is 57.6 Å². The lowest BCUT2D eigenvalue weighted by Gasteiger charge is -2.14. The van der Waals surface area contributed by atoms with Crippen LogP contribution in [-0.4, -0.2) is 19.2 Å². The lowest BCUT2D eigenvalue weighted by atomic mass is 10.00. The van der Waals surface area contributed by atoms with Gasteiger partial charge in [-0.05, 0) is 43.4 Å². The van der Waals surface area contributed by atoms with Crippen LogP contribution in [0.3, 0.4) is 0 Å². The van der Waals surface area contributed by atoms with E-state index in [0.717, 1.165) is 26.1 Å². The zero-order valence-corrected chi connectivity index (χ0v) is 12.9. The summed E-state index contributed by atoms with van der Waals surface area (Å²) in [5, 5.41) is 3.47. The zero-order valence-electron chi connectivity index (χ0n) is 12.9. The average Bonchev–Trinajstić information content (AvgIpc) is 2.45. The molecule has 0 saturated heterocycles. The largest absolute Gasteiger partial charge is 0.374 e. The summed E-state index contributed by atoms with van der Waals surface area (Å²) in [5.74, 6) is 0.566. The molecule has 19 heavy (non-hydrogen) atoms. The maximum absolute atomic E-state index is 5.74. The Morgan fingerprint density at radius 1 is 1.11 bits per heavy atom. The number of ether oxygens (including phenoxy) is 1. The summed E-state index contributed by atoms with van der Waals surface area (Å²) in [5.41, 5.74) is 2.66. The first-order chi connectivity index (χ1) is 9.17. The summed E-state index contributed by atoms with van der Waals surface area (Å²) in [7, 11) is 0. The van der Waals surface area contributed by atoms with Gasteiger partial charge in [-0.1, -0.05) is 45.0 Å². The van der Waals surface area contributed by atoms with Gasteiger partial charge in [-0.2, -0.15) is 0 Å². The van der Waals surface area contributed by atoms with E-state index in [1.165, 1.54) is 17.5 Å². The van der Waals surface area contributed by atoms with Crippen LogP contribution in [0.5, 0.6) is 0 Å². The van der Waals surface area contributed by atoms with Gasteiger partial charge in [0.05, 0.1) is 12.7 Å². The van der Waals surface area contributed by atoms with Gasteiger partial charge in [0.2, 0.25) is 0 Å². The molecule has 0 aliphatic carbocycles. The molecule has 0 aliphatic rings. The number of hydrogen-bond acceptors (Lipinski definition) is 2. The number of nitrogens with one attached hydrogen (secondary N) is 1. The molecular weight excluding hydrogens is 234 g/mol. The molecule has 0 aliphatic heterocycles. The van der Waals surface area contributed by atoms with Crippen molar-refractivity contribution in [3.05, 3.63) is 35.4 Å². The van der Waals surface area contributed by atoms with Gasteiger partial charge in [0.1, 0.15) is 0 Å². The van der Waals surface area contributed by atoms with E-state index >= 15 is 0 Å². The fraction of sp³-hybridized carbons (Fsp3) is 0.647. The number of hydrogen-bond donors (Lipinski definition) is 1. The minimum atomic E-state index is 0.344. The van der Waals surface area contributed by atoms with E-state index in [1.807, 2.05) is 0 Å². The third kappa shape index (κ3) is 6.22. The first-order valence-electron chi connectivity index (χ1n) is 7.58. The molecule has 0 bridgehead atoms. The van der Waals surface area contributed by atoms with E-state index in [1.54, 1.807) is 0 Å². The summed E-state index contributed by atoms with van der Waals surface area (Å²) in [6.07, 6.45) is 2.61. The van der Waals surface area contributed by atoms with Gasteiger partial charge < -0.3 is 10.1 Å². The van der Waals surface area contributed by atoms with Crippen LogP contribution < -0.4 is 5.32 Å². The van der Waals surface area contributed by atoms with Crippen molar-refractivity contribution in [1.29, 1.82) is 0 Å². The Morgan fingerprint density at radius 3 is 2.37 bits per heavy atom. The Balaban J connectivity index is 2.42. The molecule has 1 N–H and O–H groups in total. The van der Waals surface area contributed by atoms with Crippen LogP contribution in [0.25, 0.3) is 0 Å². The van der Waals surface area contributed by atoms with E-state index in [-0.39, 0.29) is 0 Å². The second-order valence-corrected chi connectivity index (χ2v) is 5.38. The molecule has 108 valence electrons. The molecule has 0 saturated carbocycles. The summed E-state index contributed by atoms with van der Waals surface area (Å²) >= 11 is 0. The van der Waals surface area contributed by atoms with Crippen LogP contribution in [-0.2, 0) is 11.3 Å². The summed E-state index contributed by atoms with van der Waals surface area (Å²) in [6, 6.07) is 8.84. The minimum absolute atomic E-state index is 0.344. The first-order valence-corrected chi connectivity index (χ1v) is 7.58. The highest BCUT2D eigenvalue weighted by molar-refractivity contribution is 5.24. The third-order valence-corrected chi connectivity index (χ3v) is 3.54. The van der Waals surface area contributed by atoms with E-state index in [4.69, 9.17) is 4.74 Å². The van der Waals surface area contributed by atoms with Crippen molar-refractivity contribution < 1.29 is 4.74 Å². The van der Waals surface area contributed by atoms with Crippen molar-refractivity contribution >= 4 is 0 Å². The van der Waals surface area contributed by atoms with Crippen molar-refractivity contribution in [2.45, 2.75) is 59.2 Å². The average molecular weight is 263 g/mol. The maximum atomic E-state index is 5.74. The first kappa shape index (κ1) is 16.2. The van der Waals surface area contributed by atoms with Crippen molar-refractivity contribution in [3.8, 4) is 0 Å². The monoisotopic (exact) mass is 263 g/mol. The normalized spacial score (nSPS) is 14.3. The van der Waals surface area contributed by atoms with Crippen LogP contribution in [0, 0.1) is 0 Å². The van der Waals surface area contributed by atoms with Gasteiger partial charge in [0.25, 0.3) is 0 Å². The molecule has 1 aromatic carbocycles. The van der Waals surface area contributed by atoms with Crippen molar-refractivity contribution in [1.82, 2.24) is 5.32 Å². The predicted octanol–water partition coefficient (Wildman–Crippen LogP) is 4.10. The molecule has 2 nitrogen and oxygen atoms in total. The Morgan fingerprint density at radius 2 is 1.79 bits per heavy atom. The lowest BCUT2D eigenvalue weighted by Crippen LogP contribution is -2.20. The molecule has 0 fully saturated rings. The fourth-order valence-corrected chi connectivity index (χ4v) is 1.91. The SMILES string of the molecule is CCCNCC(C)c1ccc(COC(C)CC)cc1. The summed E-state index contributed by atoms with van der Waals surface area (Å²) in [4.78, 5) is 0. The maximum Gasteiger partial charge on any atom is 0.0720 e. The molecule has 1 aromatic rings. The molecule has 0 amide bonds. The lowest BCUT2D eigenvalue weighted by molar-refractivity contribution is 0.0508. The van der Waals surface area contributed by atoms with E-state index in [2.05, 4.69) is 57.3 Å². The molecule has 2 atom stereocenters. The van der Waals surface area contributed by atoms with Crippen LogP contribution >= 0.6 is 0 Å². The van der Waals surface area contributed by atoms with E-state index in [9.17, 15) is 0 Å². The molecule has 1 rings (SSSR count). The Bertz CT molecular complexity index is 334. The second kappa shape index (κ2) is 9.11. The minimum Gasteiger partial charge on any atom is -0.374 e. The van der Waals surface area contributed by atoms with Crippen molar-refractivity contribution in [2.24, 2.45) is 0 Å². The second-order valence-electron chi connectivity index (χ2n) is 5.38. The highest BCUT2D eigenvalue weighted by Gasteiger charge is 2.05. The van der Waals surface area contributed by atoms with Gasteiger partial charge in [0, 0.05) is 6.54 Å². The topological polar surface area (TPSA) is 21.3 Å². The summed E-state index contributed by atoms with van der Waals surface area (Å²) in [6.45, 7) is 11.6. The molecule has 0 spiro atoms. The van der Waals surface area contributed by atoms with E-state index < -0.39 is 0 Å². The number of benzene rings is 1. The molecule has 0 aromatic heterocycles. The van der Waals surface area contributed by atoms with Crippen LogP contribution in [0.4, 0.5) is 0 Å². The molecule has 2 heteroatoms. The highest BCUT2D eigenvalue weighted by Crippen LogP contribution is 2.16. The Hall–Kier alpha value is -0.860.